The van der Waals surface area contributed by atoms with Crippen LogP contribution in [0.25, 0.3) is 10.4 Å². The average Bonchev–Trinajstić information content (AvgIpc) is 2.98. The molecule has 1 saturated heterocycles. The summed E-state index contributed by atoms with van der Waals surface area (Å²) in [6, 6.07) is 10.2. The van der Waals surface area contributed by atoms with Crippen LogP contribution >= 0.6 is 11.3 Å². The van der Waals surface area contributed by atoms with E-state index in [4.69, 9.17) is 0 Å². The fourth-order valence-corrected chi connectivity index (χ4v) is 3.37. The van der Waals surface area contributed by atoms with Crippen LogP contribution < -0.4 is 0 Å². The van der Waals surface area contributed by atoms with E-state index in [0.29, 0.717) is 0 Å². The normalized spacial score (nSPS) is 16.2. The van der Waals surface area contributed by atoms with Crippen molar-refractivity contribution in [1.82, 2.24) is 9.80 Å². The first-order chi connectivity index (χ1) is 10.1. The van der Waals surface area contributed by atoms with E-state index >= 15 is 0 Å². The Balaban J connectivity index is 1.75. The van der Waals surface area contributed by atoms with Gasteiger partial charge in [0.2, 0.25) is 0 Å². The van der Waals surface area contributed by atoms with Crippen molar-refractivity contribution in [1.29, 1.82) is 0 Å². The summed E-state index contributed by atoms with van der Waals surface area (Å²) in [5.41, 5.74) is 0.943. The summed E-state index contributed by atoms with van der Waals surface area (Å²) in [5.74, 6) is -0.148. The molecule has 0 spiro atoms. The number of nitrogens with zero attached hydrogens (tertiary/aromatic N) is 2. The number of rotatable bonds is 2. The van der Waals surface area contributed by atoms with Crippen molar-refractivity contribution in [2.45, 2.75) is 0 Å². The lowest BCUT2D eigenvalue weighted by molar-refractivity contribution is 0.0669. The molecule has 0 aliphatic carbocycles. The van der Waals surface area contributed by atoms with Gasteiger partial charge in [-0.25, -0.2) is 4.39 Å². The summed E-state index contributed by atoms with van der Waals surface area (Å²) in [7, 11) is 2.07. The van der Waals surface area contributed by atoms with Crippen molar-refractivity contribution in [3.8, 4) is 10.4 Å². The van der Waals surface area contributed by atoms with Crippen LogP contribution in [0.3, 0.4) is 0 Å². The second kappa shape index (κ2) is 5.95. The Bertz CT molecular complexity index is 630. The minimum Gasteiger partial charge on any atom is -0.335 e. The van der Waals surface area contributed by atoms with Gasteiger partial charge in [0.1, 0.15) is 5.82 Å². The zero-order valence-electron chi connectivity index (χ0n) is 11.9. The standard InChI is InChI=1S/C16H17FN2OS/c1-18-8-10-19(11-9-18)16(20)15-7-6-14(21-15)12-2-4-13(17)5-3-12/h2-7H,8-11H2,1H3. The zero-order chi connectivity index (χ0) is 14.8. The number of carbonyl (C=O) groups is 1. The third-order valence-electron chi connectivity index (χ3n) is 3.74. The van der Waals surface area contributed by atoms with E-state index in [1.165, 1.54) is 23.5 Å². The first-order valence-corrected chi connectivity index (χ1v) is 7.79. The number of piperazine rings is 1. The molecule has 1 amide bonds. The predicted octanol–water partition coefficient (Wildman–Crippen LogP) is 2.94. The first-order valence-electron chi connectivity index (χ1n) is 6.97. The molecule has 2 heterocycles. The zero-order valence-corrected chi connectivity index (χ0v) is 12.7. The van der Waals surface area contributed by atoms with E-state index in [0.717, 1.165) is 41.5 Å². The summed E-state index contributed by atoms with van der Waals surface area (Å²) >= 11 is 1.47. The quantitative estimate of drug-likeness (QED) is 0.851. The lowest BCUT2D eigenvalue weighted by Crippen LogP contribution is -2.46. The lowest BCUT2D eigenvalue weighted by atomic mass is 10.2. The highest BCUT2D eigenvalue weighted by Gasteiger charge is 2.21. The van der Waals surface area contributed by atoms with E-state index in [2.05, 4.69) is 11.9 Å². The van der Waals surface area contributed by atoms with Gasteiger partial charge < -0.3 is 9.80 Å². The predicted molar refractivity (Wildman–Crippen MR) is 83.1 cm³/mol. The Kier molecular flexibility index (Phi) is 4.03. The third kappa shape index (κ3) is 3.14. The van der Waals surface area contributed by atoms with Crippen LogP contribution in [0.4, 0.5) is 4.39 Å². The monoisotopic (exact) mass is 304 g/mol. The molecule has 0 saturated carbocycles. The van der Waals surface area contributed by atoms with Gasteiger partial charge in [-0.15, -0.1) is 11.3 Å². The van der Waals surface area contributed by atoms with Crippen molar-refractivity contribution in [3.63, 3.8) is 0 Å². The lowest BCUT2D eigenvalue weighted by Gasteiger charge is -2.32. The molecule has 1 aliphatic heterocycles. The van der Waals surface area contributed by atoms with Crippen molar-refractivity contribution in [2.75, 3.05) is 33.2 Å². The highest BCUT2D eigenvalue weighted by atomic mass is 32.1. The van der Waals surface area contributed by atoms with Gasteiger partial charge in [-0.05, 0) is 36.9 Å². The molecule has 0 N–H and O–H groups in total. The second-order valence-corrected chi connectivity index (χ2v) is 6.35. The van der Waals surface area contributed by atoms with Crippen molar-refractivity contribution in [3.05, 3.63) is 47.1 Å². The van der Waals surface area contributed by atoms with E-state index < -0.39 is 0 Å². The summed E-state index contributed by atoms with van der Waals surface area (Å²) in [5, 5.41) is 0. The smallest absolute Gasteiger partial charge is 0.264 e. The first kappa shape index (κ1) is 14.2. The number of likely N-dealkylation sites (N-methyl/N-ethyl adjacent to an activating group) is 1. The van der Waals surface area contributed by atoms with Gasteiger partial charge in [-0.3, -0.25) is 4.79 Å². The largest absolute Gasteiger partial charge is 0.335 e. The number of thiophene rings is 1. The molecule has 1 fully saturated rings. The molecule has 5 heteroatoms. The molecule has 0 unspecified atom stereocenters. The second-order valence-electron chi connectivity index (χ2n) is 5.27. The Labute approximate surface area is 127 Å². The maximum atomic E-state index is 12.9. The highest BCUT2D eigenvalue weighted by molar-refractivity contribution is 7.17. The fraction of sp³-hybridized carbons (Fsp3) is 0.312. The highest BCUT2D eigenvalue weighted by Crippen LogP contribution is 2.29. The number of hydrogen-bond donors (Lipinski definition) is 0. The number of benzene rings is 1. The van der Waals surface area contributed by atoms with Gasteiger partial charge in [0.25, 0.3) is 5.91 Å². The van der Waals surface area contributed by atoms with Crippen LogP contribution in [-0.4, -0.2) is 48.9 Å². The Hall–Kier alpha value is -1.72. The molecular weight excluding hydrogens is 287 g/mol. The van der Waals surface area contributed by atoms with Gasteiger partial charge in [0.15, 0.2) is 0 Å². The molecule has 1 aromatic carbocycles. The molecule has 0 bridgehead atoms. The summed E-state index contributed by atoms with van der Waals surface area (Å²) < 4.78 is 12.9. The van der Waals surface area contributed by atoms with Crippen LogP contribution in [0, 0.1) is 5.82 Å². The van der Waals surface area contributed by atoms with E-state index in [9.17, 15) is 9.18 Å². The van der Waals surface area contributed by atoms with Crippen LogP contribution in [0.2, 0.25) is 0 Å². The maximum absolute atomic E-state index is 12.9. The van der Waals surface area contributed by atoms with Gasteiger partial charge in [-0.1, -0.05) is 12.1 Å². The number of amides is 1. The van der Waals surface area contributed by atoms with Gasteiger partial charge in [0.05, 0.1) is 4.88 Å². The van der Waals surface area contributed by atoms with Gasteiger partial charge >= 0.3 is 0 Å². The number of carbonyl (C=O) groups excluding carboxylic acids is 1. The molecule has 0 radical (unpaired) electrons. The molecule has 110 valence electrons. The Morgan fingerprint density at radius 1 is 1.05 bits per heavy atom. The molecule has 2 aromatic rings. The molecule has 3 nitrogen and oxygen atoms in total. The summed E-state index contributed by atoms with van der Waals surface area (Å²) in [6.45, 7) is 3.39. The van der Waals surface area contributed by atoms with Gasteiger partial charge in [0, 0.05) is 31.1 Å². The Morgan fingerprint density at radius 2 is 1.71 bits per heavy atom. The van der Waals surface area contributed by atoms with Crippen molar-refractivity contribution >= 4 is 17.2 Å². The molecular formula is C16H17FN2OS. The van der Waals surface area contributed by atoms with Crippen LogP contribution in [0.5, 0.6) is 0 Å². The van der Waals surface area contributed by atoms with E-state index in [1.807, 2.05) is 17.0 Å². The van der Waals surface area contributed by atoms with Crippen molar-refractivity contribution < 1.29 is 9.18 Å². The average molecular weight is 304 g/mol. The maximum Gasteiger partial charge on any atom is 0.264 e. The summed E-state index contributed by atoms with van der Waals surface area (Å²) in [4.78, 5) is 18.3. The SMILES string of the molecule is CN1CCN(C(=O)c2ccc(-c3ccc(F)cc3)s2)CC1. The minimum atomic E-state index is -0.246. The Morgan fingerprint density at radius 3 is 2.38 bits per heavy atom. The molecule has 0 atom stereocenters. The van der Waals surface area contributed by atoms with E-state index in [-0.39, 0.29) is 11.7 Å². The fourth-order valence-electron chi connectivity index (χ4n) is 2.39. The van der Waals surface area contributed by atoms with Crippen LogP contribution in [-0.2, 0) is 0 Å². The molecule has 3 rings (SSSR count). The summed E-state index contributed by atoms with van der Waals surface area (Å²) in [6.07, 6.45) is 0. The minimum absolute atomic E-state index is 0.0986. The third-order valence-corrected chi connectivity index (χ3v) is 4.86. The van der Waals surface area contributed by atoms with E-state index in [1.54, 1.807) is 12.1 Å². The molecule has 1 aromatic heterocycles. The van der Waals surface area contributed by atoms with Crippen molar-refractivity contribution in [2.24, 2.45) is 0 Å². The van der Waals surface area contributed by atoms with Crippen LogP contribution in [0.1, 0.15) is 9.67 Å². The molecule has 21 heavy (non-hydrogen) atoms. The number of hydrogen-bond acceptors (Lipinski definition) is 3. The molecule has 1 aliphatic rings. The van der Waals surface area contributed by atoms with Crippen LogP contribution in [0.15, 0.2) is 36.4 Å². The number of halogens is 1. The van der Waals surface area contributed by atoms with Gasteiger partial charge in [-0.2, -0.15) is 0 Å². The topological polar surface area (TPSA) is 23.6 Å².